The van der Waals surface area contributed by atoms with E-state index < -0.39 is 0 Å². The zero-order valence-electron chi connectivity index (χ0n) is 11.2. The van der Waals surface area contributed by atoms with Crippen LogP contribution in [0.3, 0.4) is 0 Å². The van der Waals surface area contributed by atoms with Gasteiger partial charge in [0.1, 0.15) is 11.4 Å². The van der Waals surface area contributed by atoms with Gasteiger partial charge in [-0.3, -0.25) is 14.9 Å². The summed E-state index contributed by atoms with van der Waals surface area (Å²) < 4.78 is 5.42. The molecule has 0 aliphatic carbocycles. The van der Waals surface area contributed by atoms with Gasteiger partial charge in [-0.25, -0.2) is 4.98 Å². The summed E-state index contributed by atoms with van der Waals surface area (Å²) in [4.78, 5) is 26.8. The Kier molecular flexibility index (Phi) is 4.47. The number of aryl methyl sites for hydroxylation is 1. The van der Waals surface area contributed by atoms with E-state index in [1.807, 2.05) is 25.1 Å². The van der Waals surface area contributed by atoms with Gasteiger partial charge in [-0.2, -0.15) is 0 Å². The number of ether oxygens (including phenoxy) is 1. The van der Waals surface area contributed by atoms with Crippen LogP contribution in [0.5, 0.6) is 5.75 Å². The molecule has 1 amide bonds. The molecule has 5 nitrogen and oxygen atoms in total. The molecule has 2 aromatic rings. The molecule has 0 aliphatic rings. The molecule has 1 heterocycles. The fourth-order valence-electron chi connectivity index (χ4n) is 1.51. The lowest BCUT2D eigenvalue weighted by Gasteiger charge is -2.07. The Hall–Kier alpha value is -2.21. The summed E-state index contributed by atoms with van der Waals surface area (Å²) in [7, 11) is 0. The predicted octanol–water partition coefficient (Wildman–Crippen LogP) is 2.67. The molecule has 1 N–H and O–H groups in total. The topological polar surface area (TPSA) is 68.3 Å². The molecule has 0 spiro atoms. The summed E-state index contributed by atoms with van der Waals surface area (Å²) in [6.07, 6.45) is 0. The molecular weight excluding hydrogens is 276 g/mol. The summed E-state index contributed by atoms with van der Waals surface area (Å²) in [5.74, 6) is 0.238. The lowest BCUT2D eigenvalue weighted by molar-refractivity contribution is -0.118. The largest absolute Gasteiger partial charge is 0.483 e. The number of carbonyl (C=O) groups excluding carboxylic acids is 2. The van der Waals surface area contributed by atoms with Crippen LogP contribution >= 0.6 is 11.3 Å². The molecule has 0 aliphatic heterocycles. The number of hydrogen-bond donors (Lipinski definition) is 1. The smallest absolute Gasteiger partial charge is 0.264 e. The van der Waals surface area contributed by atoms with Crippen LogP contribution in [0.2, 0.25) is 0 Å². The summed E-state index contributed by atoms with van der Waals surface area (Å²) in [5, 5.41) is 4.61. The van der Waals surface area contributed by atoms with Crippen molar-refractivity contribution in [3.63, 3.8) is 0 Å². The van der Waals surface area contributed by atoms with Crippen molar-refractivity contribution >= 4 is 28.2 Å². The molecule has 6 heteroatoms. The van der Waals surface area contributed by atoms with E-state index in [0.29, 0.717) is 16.6 Å². The second-order valence-corrected chi connectivity index (χ2v) is 5.05. The molecule has 0 fully saturated rings. The van der Waals surface area contributed by atoms with Crippen molar-refractivity contribution < 1.29 is 14.3 Å². The van der Waals surface area contributed by atoms with Crippen molar-refractivity contribution in [1.82, 2.24) is 4.98 Å². The van der Waals surface area contributed by atoms with Gasteiger partial charge in [-0.15, -0.1) is 11.3 Å². The Morgan fingerprint density at radius 1 is 1.35 bits per heavy atom. The lowest BCUT2D eigenvalue weighted by Crippen LogP contribution is -2.20. The van der Waals surface area contributed by atoms with Gasteiger partial charge in [0.05, 0.1) is 0 Å². The van der Waals surface area contributed by atoms with Gasteiger partial charge >= 0.3 is 0 Å². The number of Topliss-reactive ketones (excluding diaryl/α,β-unsaturated/α-hetero) is 1. The fraction of sp³-hybridized carbons (Fsp3) is 0.214. The Morgan fingerprint density at radius 2 is 2.10 bits per heavy atom. The number of nitrogens with one attached hydrogen (secondary N) is 1. The third-order valence-corrected chi connectivity index (χ3v) is 3.32. The normalized spacial score (nSPS) is 10.1. The lowest BCUT2D eigenvalue weighted by atomic mass is 10.2. The molecule has 2 rings (SSSR count). The van der Waals surface area contributed by atoms with Crippen LogP contribution in [-0.4, -0.2) is 23.3 Å². The van der Waals surface area contributed by atoms with Crippen LogP contribution in [0.15, 0.2) is 29.6 Å². The maximum absolute atomic E-state index is 11.7. The summed E-state index contributed by atoms with van der Waals surface area (Å²) in [6.45, 7) is 3.25. The Labute approximate surface area is 120 Å². The highest BCUT2D eigenvalue weighted by molar-refractivity contribution is 7.14. The molecule has 20 heavy (non-hydrogen) atoms. The quantitative estimate of drug-likeness (QED) is 0.860. The number of benzene rings is 1. The minimum Gasteiger partial charge on any atom is -0.483 e. The first kappa shape index (κ1) is 14.2. The standard InChI is InChI=1S/C14H14N2O3S/c1-9-5-3-4-6-12(9)19-7-13(18)16-14-15-11(8-20-14)10(2)17/h3-6,8H,7H2,1-2H3,(H,15,16,18). The van der Waals surface area contributed by atoms with E-state index in [-0.39, 0.29) is 18.3 Å². The number of anilines is 1. The number of carbonyl (C=O) groups is 2. The van der Waals surface area contributed by atoms with Gasteiger partial charge in [0.25, 0.3) is 5.91 Å². The maximum Gasteiger partial charge on any atom is 0.264 e. The fourth-order valence-corrected chi connectivity index (χ4v) is 2.28. The van der Waals surface area contributed by atoms with Crippen LogP contribution in [-0.2, 0) is 4.79 Å². The van der Waals surface area contributed by atoms with Crippen molar-refractivity contribution in [2.75, 3.05) is 11.9 Å². The Morgan fingerprint density at radius 3 is 2.75 bits per heavy atom. The first-order chi connectivity index (χ1) is 9.56. The van der Waals surface area contributed by atoms with E-state index >= 15 is 0 Å². The molecule has 0 unspecified atom stereocenters. The second kappa shape index (κ2) is 6.29. The van der Waals surface area contributed by atoms with Gasteiger partial charge in [-0.1, -0.05) is 18.2 Å². The minimum absolute atomic E-state index is 0.0974. The SMILES string of the molecule is CC(=O)c1csc(NC(=O)COc2ccccc2C)n1. The van der Waals surface area contributed by atoms with Crippen molar-refractivity contribution in [3.8, 4) is 5.75 Å². The first-order valence-corrected chi connectivity index (χ1v) is 6.89. The second-order valence-electron chi connectivity index (χ2n) is 4.20. The molecule has 1 aromatic carbocycles. The molecule has 104 valence electrons. The number of para-hydroxylation sites is 1. The van der Waals surface area contributed by atoms with E-state index in [1.54, 1.807) is 11.4 Å². The first-order valence-electron chi connectivity index (χ1n) is 6.01. The van der Waals surface area contributed by atoms with E-state index in [2.05, 4.69) is 10.3 Å². The van der Waals surface area contributed by atoms with Crippen LogP contribution in [0, 0.1) is 6.92 Å². The van der Waals surface area contributed by atoms with Crippen LogP contribution in [0.1, 0.15) is 23.0 Å². The number of hydrogen-bond acceptors (Lipinski definition) is 5. The average Bonchev–Trinajstić information content (AvgIpc) is 2.86. The van der Waals surface area contributed by atoms with Crippen LogP contribution in [0.25, 0.3) is 0 Å². The number of amides is 1. The van der Waals surface area contributed by atoms with Gasteiger partial charge in [0, 0.05) is 12.3 Å². The third kappa shape index (κ3) is 3.64. The highest BCUT2D eigenvalue weighted by Crippen LogP contribution is 2.17. The molecular formula is C14H14N2O3S. The highest BCUT2D eigenvalue weighted by atomic mass is 32.1. The molecule has 0 saturated heterocycles. The highest BCUT2D eigenvalue weighted by Gasteiger charge is 2.10. The van der Waals surface area contributed by atoms with Crippen molar-refractivity contribution in [3.05, 3.63) is 40.9 Å². The summed E-state index contributed by atoms with van der Waals surface area (Å²) in [6, 6.07) is 7.47. The Bertz CT molecular complexity index is 637. The van der Waals surface area contributed by atoms with E-state index in [0.717, 1.165) is 5.56 Å². The minimum atomic E-state index is -0.308. The van der Waals surface area contributed by atoms with Crippen molar-refractivity contribution in [2.24, 2.45) is 0 Å². The summed E-state index contributed by atoms with van der Waals surface area (Å²) in [5.41, 5.74) is 1.32. The number of aromatic nitrogens is 1. The summed E-state index contributed by atoms with van der Waals surface area (Å²) >= 11 is 1.21. The number of thiazole rings is 1. The Balaban J connectivity index is 1.89. The number of rotatable bonds is 5. The zero-order valence-corrected chi connectivity index (χ0v) is 12.0. The molecule has 0 atom stereocenters. The zero-order chi connectivity index (χ0) is 14.5. The maximum atomic E-state index is 11.7. The molecule has 0 saturated carbocycles. The van der Waals surface area contributed by atoms with E-state index in [1.165, 1.54) is 18.3 Å². The molecule has 1 aromatic heterocycles. The van der Waals surface area contributed by atoms with Gasteiger partial charge in [0.2, 0.25) is 0 Å². The van der Waals surface area contributed by atoms with Crippen molar-refractivity contribution in [2.45, 2.75) is 13.8 Å². The number of ketones is 1. The van der Waals surface area contributed by atoms with E-state index in [4.69, 9.17) is 4.74 Å². The van der Waals surface area contributed by atoms with Gasteiger partial charge in [0.15, 0.2) is 17.5 Å². The van der Waals surface area contributed by atoms with E-state index in [9.17, 15) is 9.59 Å². The van der Waals surface area contributed by atoms with Crippen LogP contribution in [0.4, 0.5) is 5.13 Å². The third-order valence-electron chi connectivity index (χ3n) is 2.56. The molecule has 0 bridgehead atoms. The average molecular weight is 290 g/mol. The number of nitrogens with zero attached hydrogens (tertiary/aromatic N) is 1. The predicted molar refractivity (Wildman–Crippen MR) is 77.4 cm³/mol. The van der Waals surface area contributed by atoms with Crippen LogP contribution < -0.4 is 10.1 Å². The van der Waals surface area contributed by atoms with Crippen molar-refractivity contribution in [1.29, 1.82) is 0 Å². The monoisotopic (exact) mass is 290 g/mol. The molecule has 0 radical (unpaired) electrons. The van der Waals surface area contributed by atoms with Gasteiger partial charge in [-0.05, 0) is 18.6 Å². The van der Waals surface area contributed by atoms with Gasteiger partial charge < -0.3 is 4.74 Å².